The van der Waals surface area contributed by atoms with Crippen LogP contribution in [0.25, 0.3) is 5.52 Å². The molecule has 1 saturated heterocycles. The van der Waals surface area contributed by atoms with Gasteiger partial charge in [-0.05, 0) is 24.8 Å². The zero-order valence-corrected chi connectivity index (χ0v) is 15.9. The Bertz CT molecular complexity index is 899. The predicted octanol–water partition coefficient (Wildman–Crippen LogP) is 0.874. The summed E-state index contributed by atoms with van der Waals surface area (Å²) in [7, 11) is -3.33. The first-order valence-electron chi connectivity index (χ1n) is 8.58. The first-order valence-corrected chi connectivity index (χ1v) is 10.4. The fourth-order valence-electron chi connectivity index (χ4n) is 3.18. The molecule has 3 rings (SSSR count). The lowest BCUT2D eigenvalue weighted by atomic mass is 10.0. The molecule has 0 radical (unpaired) electrons. The second kappa shape index (κ2) is 7.09. The van der Waals surface area contributed by atoms with E-state index in [0.29, 0.717) is 30.8 Å². The van der Waals surface area contributed by atoms with Crippen molar-refractivity contribution in [1.29, 1.82) is 0 Å². The molecule has 10 heteroatoms. The van der Waals surface area contributed by atoms with E-state index in [1.807, 2.05) is 13.8 Å². The average Bonchev–Trinajstić information content (AvgIpc) is 2.83. The third kappa shape index (κ3) is 3.97. The summed E-state index contributed by atoms with van der Waals surface area (Å²) < 4.78 is 40.0. The van der Waals surface area contributed by atoms with Gasteiger partial charge in [-0.2, -0.15) is 4.31 Å². The lowest BCUT2D eigenvalue weighted by Gasteiger charge is -2.34. The topological polar surface area (TPSA) is 99.8 Å². The van der Waals surface area contributed by atoms with Crippen molar-refractivity contribution in [2.75, 3.05) is 24.7 Å². The lowest BCUT2D eigenvalue weighted by Crippen LogP contribution is -2.51. The highest BCUT2D eigenvalue weighted by atomic mass is 32.2. The summed E-state index contributed by atoms with van der Waals surface area (Å²) in [5, 5.41) is 17.7. The third-order valence-corrected chi connectivity index (χ3v) is 5.76. The number of halogens is 1. The van der Waals surface area contributed by atoms with Crippen LogP contribution in [0.1, 0.15) is 26.0 Å². The zero-order chi connectivity index (χ0) is 19.1. The van der Waals surface area contributed by atoms with E-state index in [9.17, 15) is 17.9 Å². The molecule has 0 aliphatic carbocycles. The van der Waals surface area contributed by atoms with Crippen LogP contribution < -0.4 is 5.32 Å². The van der Waals surface area contributed by atoms with Crippen molar-refractivity contribution in [3.63, 3.8) is 0 Å². The van der Waals surface area contributed by atoms with Gasteiger partial charge in [0, 0.05) is 18.8 Å². The third-order valence-electron chi connectivity index (χ3n) is 4.49. The second-order valence-corrected chi connectivity index (χ2v) is 9.17. The number of nitrogens with zero attached hydrogens (tertiary/aromatic N) is 4. The first-order chi connectivity index (χ1) is 12.1. The number of hydrogen-bond donors (Lipinski definition) is 2. The number of aliphatic hydroxyl groups is 1. The Morgan fingerprint density at radius 2 is 2.19 bits per heavy atom. The van der Waals surface area contributed by atoms with E-state index in [1.165, 1.54) is 21.1 Å². The number of piperidine rings is 1. The molecule has 2 aromatic rings. The summed E-state index contributed by atoms with van der Waals surface area (Å²) in [5.74, 6) is 0.254. The molecular weight excluding hydrogens is 361 g/mol. The Hall–Kier alpha value is -1.78. The second-order valence-electron chi connectivity index (χ2n) is 7.19. The van der Waals surface area contributed by atoms with Crippen molar-refractivity contribution in [2.45, 2.75) is 38.8 Å². The first kappa shape index (κ1) is 19.0. The van der Waals surface area contributed by atoms with Crippen LogP contribution in [0.2, 0.25) is 0 Å². The molecule has 0 aromatic carbocycles. The smallest absolute Gasteiger partial charge is 0.241 e. The Kier molecular flexibility index (Phi) is 5.18. The van der Waals surface area contributed by atoms with Gasteiger partial charge in [0.15, 0.2) is 5.82 Å². The Balaban J connectivity index is 1.79. The number of fused-ring (bicyclic) bond motifs is 1. The minimum atomic E-state index is -3.33. The maximum absolute atomic E-state index is 14.0. The zero-order valence-electron chi connectivity index (χ0n) is 15.1. The molecule has 1 aliphatic rings. The van der Waals surface area contributed by atoms with Crippen molar-refractivity contribution in [2.24, 2.45) is 5.92 Å². The van der Waals surface area contributed by atoms with E-state index in [0.717, 1.165) is 11.9 Å². The molecule has 0 unspecified atom stereocenters. The van der Waals surface area contributed by atoms with Gasteiger partial charge in [0.2, 0.25) is 16.0 Å². The standard InChI is InChI=1S/C16H24FN5O3S/c1-10(2)6-11-7-12(17)14-8-18-16(20-22(11)14)19-13-4-5-21(9-15(13)23)26(3,24)25/h7-8,10,13,15,23H,4-6,9H2,1-3H3,(H,19,20)/t13-,15-/m1/s1. The minimum Gasteiger partial charge on any atom is -0.390 e. The van der Waals surface area contributed by atoms with Gasteiger partial charge < -0.3 is 10.4 Å². The van der Waals surface area contributed by atoms with E-state index < -0.39 is 16.1 Å². The number of anilines is 1. The average molecular weight is 385 g/mol. The summed E-state index contributed by atoms with van der Waals surface area (Å²) in [6, 6.07) is 1.09. The monoisotopic (exact) mass is 385 g/mol. The molecular formula is C16H24FN5O3S. The molecule has 0 saturated carbocycles. The van der Waals surface area contributed by atoms with Crippen molar-refractivity contribution in [3.05, 3.63) is 23.8 Å². The number of rotatable bonds is 5. The normalized spacial score (nSPS) is 22.2. The Morgan fingerprint density at radius 1 is 1.46 bits per heavy atom. The Morgan fingerprint density at radius 3 is 2.81 bits per heavy atom. The molecule has 2 N–H and O–H groups in total. The molecule has 0 amide bonds. The highest BCUT2D eigenvalue weighted by Gasteiger charge is 2.32. The van der Waals surface area contributed by atoms with Gasteiger partial charge in [-0.25, -0.2) is 22.3 Å². The number of sulfonamides is 1. The number of hydrogen-bond acceptors (Lipinski definition) is 6. The van der Waals surface area contributed by atoms with Gasteiger partial charge in [-0.15, -0.1) is 5.10 Å². The molecule has 1 aliphatic heterocycles. The van der Waals surface area contributed by atoms with Crippen LogP contribution in [0.15, 0.2) is 12.3 Å². The van der Waals surface area contributed by atoms with Crippen LogP contribution in [0.3, 0.4) is 0 Å². The van der Waals surface area contributed by atoms with Gasteiger partial charge in [0.05, 0.1) is 24.6 Å². The molecule has 2 aromatic heterocycles. The summed E-state index contributed by atoms with van der Waals surface area (Å²) in [5.41, 5.74) is 1.06. The van der Waals surface area contributed by atoms with Crippen molar-refractivity contribution < 1.29 is 17.9 Å². The van der Waals surface area contributed by atoms with Crippen LogP contribution in [0, 0.1) is 11.7 Å². The van der Waals surface area contributed by atoms with Gasteiger partial charge in [-0.3, -0.25) is 0 Å². The van der Waals surface area contributed by atoms with E-state index in [-0.39, 0.29) is 24.4 Å². The summed E-state index contributed by atoms with van der Waals surface area (Å²) >= 11 is 0. The van der Waals surface area contributed by atoms with E-state index in [1.54, 1.807) is 0 Å². The van der Waals surface area contributed by atoms with Crippen molar-refractivity contribution in [3.8, 4) is 0 Å². The van der Waals surface area contributed by atoms with Crippen molar-refractivity contribution >= 4 is 21.5 Å². The molecule has 8 nitrogen and oxygen atoms in total. The minimum absolute atomic E-state index is 0.0233. The van der Waals surface area contributed by atoms with Gasteiger partial charge in [0.25, 0.3) is 0 Å². The van der Waals surface area contributed by atoms with Gasteiger partial charge in [-0.1, -0.05) is 13.8 Å². The van der Waals surface area contributed by atoms with Crippen molar-refractivity contribution in [1.82, 2.24) is 18.9 Å². The van der Waals surface area contributed by atoms with Crippen LogP contribution in [-0.4, -0.2) is 63.9 Å². The number of aromatic nitrogens is 3. The molecule has 0 bridgehead atoms. The molecule has 26 heavy (non-hydrogen) atoms. The maximum Gasteiger partial charge on any atom is 0.241 e. The van der Waals surface area contributed by atoms with E-state index >= 15 is 0 Å². The molecule has 2 atom stereocenters. The quantitative estimate of drug-likeness (QED) is 0.792. The molecule has 144 valence electrons. The predicted molar refractivity (Wildman–Crippen MR) is 95.9 cm³/mol. The molecule has 0 spiro atoms. The Labute approximate surface area is 152 Å². The number of aliphatic hydroxyl groups excluding tert-OH is 1. The fourth-order valence-corrected chi connectivity index (χ4v) is 4.04. The highest BCUT2D eigenvalue weighted by molar-refractivity contribution is 7.88. The largest absolute Gasteiger partial charge is 0.390 e. The highest BCUT2D eigenvalue weighted by Crippen LogP contribution is 2.20. The lowest BCUT2D eigenvalue weighted by molar-refractivity contribution is 0.0950. The molecule has 3 heterocycles. The number of nitrogens with one attached hydrogen (secondary N) is 1. The SMILES string of the molecule is CC(C)Cc1cc(F)c2cnc(N[C@@H]3CCN(S(C)(=O)=O)C[C@H]3O)nn12. The number of β-amino-alcohol motifs (C(OH)–C–C–N with tert-alkyl or cyclic N) is 1. The van der Waals surface area contributed by atoms with Gasteiger partial charge >= 0.3 is 0 Å². The van der Waals surface area contributed by atoms with E-state index in [4.69, 9.17) is 0 Å². The van der Waals surface area contributed by atoms with E-state index in [2.05, 4.69) is 15.4 Å². The molecule has 1 fully saturated rings. The van der Waals surface area contributed by atoms with Crippen LogP contribution in [0.5, 0.6) is 0 Å². The maximum atomic E-state index is 14.0. The van der Waals surface area contributed by atoms with Crippen LogP contribution in [0.4, 0.5) is 10.3 Å². The summed E-state index contributed by atoms with van der Waals surface area (Å²) in [6.07, 6.45) is 2.76. The summed E-state index contributed by atoms with van der Waals surface area (Å²) in [4.78, 5) is 4.13. The summed E-state index contributed by atoms with van der Waals surface area (Å²) in [6.45, 7) is 4.43. The van der Waals surface area contributed by atoms with Crippen LogP contribution in [-0.2, 0) is 16.4 Å². The van der Waals surface area contributed by atoms with Crippen LogP contribution >= 0.6 is 0 Å². The van der Waals surface area contributed by atoms with Gasteiger partial charge in [0.1, 0.15) is 5.52 Å². The fraction of sp³-hybridized carbons (Fsp3) is 0.625.